The quantitative estimate of drug-likeness (QED) is 0.361. The van der Waals surface area contributed by atoms with E-state index in [0.717, 1.165) is 24.6 Å². The van der Waals surface area contributed by atoms with Gasteiger partial charge in [0, 0.05) is 34.8 Å². The molecule has 10 heteroatoms. The largest absolute Gasteiger partial charge is 0.573 e. The van der Waals surface area contributed by atoms with E-state index in [0.29, 0.717) is 25.7 Å². The van der Waals surface area contributed by atoms with Crippen LogP contribution in [-0.2, 0) is 9.53 Å². The summed E-state index contributed by atoms with van der Waals surface area (Å²) >= 11 is 0. The molecule has 200 valence electrons. The predicted molar refractivity (Wildman–Crippen MR) is 131 cm³/mol. The number of fused-ring (bicyclic) bond motifs is 2. The number of nitriles is 1. The number of anilines is 1. The first-order chi connectivity index (χ1) is 18.1. The molecule has 2 saturated heterocycles. The Morgan fingerprint density at radius 3 is 2.37 bits per heavy atom. The minimum absolute atomic E-state index is 0.00115. The molecule has 2 bridgehead atoms. The van der Waals surface area contributed by atoms with Gasteiger partial charge in [-0.2, -0.15) is 5.26 Å². The van der Waals surface area contributed by atoms with E-state index < -0.39 is 17.9 Å². The van der Waals surface area contributed by atoms with Crippen molar-refractivity contribution in [2.45, 2.75) is 63.1 Å². The standard InChI is InChI=1S/C28H27F4N3O3/c29-24-13-20(8-7-17(24)14-33)35-18-9-10-19(35)12-21(11-18)37-15-23(27(36)16-5-6-16)26(34)22-3-1-2-4-25(22)38-28(30,31)32/h1-4,7-8,13,16,18-19,21H,5-6,9-12,15,34H2/t18-,19?,21?/m0/s1. The third kappa shape index (κ3) is 5.48. The number of carbonyl (C=O) groups is 1. The number of carbonyl (C=O) groups excluding carboxylic acids is 1. The third-order valence-electron chi connectivity index (χ3n) is 7.50. The third-order valence-corrected chi connectivity index (χ3v) is 7.50. The topological polar surface area (TPSA) is 88.6 Å². The maximum atomic E-state index is 14.3. The molecule has 2 aromatic rings. The molecule has 2 heterocycles. The van der Waals surface area contributed by atoms with Gasteiger partial charge in [0.15, 0.2) is 5.78 Å². The Balaban J connectivity index is 1.33. The average Bonchev–Trinajstić information content (AvgIpc) is 3.68. The lowest BCUT2D eigenvalue weighted by Crippen LogP contribution is -2.45. The number of piperidine rings is 1. The Hall–Kier alpha value is -3.58. The molecule has 0 spiro atoms. The number of nitrogens with zero attached hydrogens (tertiary/aromatic N) is 2. The molecule has 2 N–H and O–H groups in total. The van der Waals surface area contributed by atoms with Crippen LogP contribution in [0.5, 0.6) is 5.75 Å². The van der Waals surface area contributed by atoms with E-state index in [1.165, 1.54) is 30.3 Å². The molecule has 3 atom stereocenters. The van der Waals surface area contributed by atoms with Crippen LogP contribution >= 0.6 is 0 Å². The van der Waals surface area contributed by atoms with Crippen molar-refractivity contribution in [1.29, 1.82) is 5.26 Å². The molecular weight excluding hydrogens is 502 g/mol. The summed E-state index contributed by atoms with van der Waals surface area (Å²) in [5.41, 5.74) is 7.12. The normalized spacial score (nSPS) is 23.6. The molecule has 0 amide bonds. The van der Waals surface area contributed by atoms with Crippen LogP contribution in [0.3, 0.4) is 0 Å². The second kappa shape index (κ2) is 10.3. The highest BCUT2D eigenvalue weighted by molar-refractivity contribution is 6.05. The second-order valence-corrected chi connectivity index (χ2v) is 10.0. The molecule has 1 saturated carbocycles. The van der Waals surface area contributed by atoms with Crippen LogP contribution in [-0.4, -0.2) is 36.9 Å². The number of nitrogens with two attached hydrogens (primary N) is 1. The minimum atomic E-state index is -4.90. The van der Waals surface area contributed by atoms with Crippen molar-refractivity contribution in [3.63, 3.8) is 0 Å². The molecular formula is C28H27F4N3O3. The van der Waals surface area contributed by atoms with E-state index in [2.05, 4.69) is 9.64 Å². The Morgan fingerprint density at radius 2 is 1.76 bits per heavy atom. The fourth-order valence-corrected chi connectivity index (χ4v) is 5.58. The van der Waals surface area contributed by atoms with Gasteiger partial charge in [-0.25, -0.2) is 4.39 Å². The number of rotatable bonds is 8. The summed E-state index contributed by atoms with van der Waals surface area (Å²) in [5, 5.41) is 9.01. The lowest BCUT2D eigenvalue weighted by Gasteiger charge is -2.40. The lowest BCUT2D eigenvalue weighted by molar-refractivity contribution is -0.274. The SMILES string of the molecule is N#Cc1ccc(N2C3CC[C@H]2CC(OCC(C(=O)C2CC2)=C(N)c2ccccc2OC(F)(F)F)C3)cc1F. The van der Waals surface area contributed by atoms with E-state index in [1.54, 1.807) is 6.07 Å². The Labute approximate surface area is 217 Å². The number of hydrogen-bond acceptors (Lipinski definition) is 6. The maximum Gasteiger partial charge on any atom is 0.573 e. The number of hydrogen-bond donors (Lipinski definition) is 1. The van der Waals surface area contributed by atoms with Gasteiger partial charge >= 0.3 is 6.36 Å². The van der Waals surface area contributed by atoms with Gasteiger partial charge in [-0.1, -0.05) is 12.1 Å². The first-order valence-electron chi connectivity index (χ1n) is 12.6. The monoisotopic (exact) mass is 529 g/mol. The average molecular weight is 530 g/mol. The summed E-state index contributed by atoms with van der Waals surface area (Å²) < 4.78 is 63.5. The van der Waals surface area contributed by atoms with Gasteiger partial charge in [-0.05, 0) is 68.9 Å². The van der Waals surface area contributed by atoms with Crippen LogP contribution in [0.1, 0.15) is 49.7 Å². The number of Topliss-reactive ketones (excluding diaryl/α,β-unsaturated/α-hetero) is 1. The lowest BCUT2D eigenvalue weighted by atomic mass is 9.97. The van der Waals surface area contributed by atoms with Gasteiger partial charge in [0.05, 0.1) is 24.0 Å². The summed E-state index contributed by atoms with van der Waals surface area (Å²) in [4.78, 5) is 15.3. The zero-order chi connectivity index (χ0) is 27.0. The predicted octanol–water partition coefficient (Wildman–Crippen LogP) is 5.46. The molecule has 0 radical (unpaired) electrons. The summed E-state index contributed by atoms with van der Waals surface area (Å²) in [5.74, 6) is -1.44. The molecule has 0 aromatic heterocycles. The van der Waals surface area contributed by atoms with Crippen molar-refractivity contribution >= 4 is 17.2 Å². The van der Waals surface area contributed by atoms with Crippen LogP contribution in [0.15, 0.2) is 48.0 Å². The van der Waals surface area contributed by atoms with E-state index >= 15 is 0 Å². The smallest absolute Gasteiger partial charge is 0.405 e. The molecule has 1 aliphatic carbocycles. The highest BCUT2D eigenvalue weighted by atomic mass is 19.4. The van der Waals surface area contributed by atoms with Crippen molar-refractivity contribution in [1.82, 2.24) is 0 Å². The highest BCUT2D eigenvalue weighted by Gasteiger charge is 2.42. The first kappa shape index (κ1) is 26.0. The number of benzene rings is 2. The summed E-state index contributed by atoms with van der Waals surface area (Å²) in [6.45, 7) is -0.114. The first-order valence-corrected chi connectivity index (χ1v) is 12.6. The molecule has 38 heavy (non-hydrogen) atoms. The van der Waals surface area contributed by atoms with Crippen LogP contribution < -0.4 is 15.4 Å². The fraction of sp³-hybridized carbons (Fsp3) is 0.429. The fourth-order valence-electron chi connectivity index (χ4n) is 5.58. The minimum Gasteiger partial charge on any atom is -0.405 e. The number of ether oxygens (including phenoxy) is 2. The van der Waals surface area contributed by atoms with Crippen molar-refractivity contribution in [3.05, 3.63) is 65.0 Å². The van der Waals surface area contributed by atoms with Crippen LogP contribution in [0, 0.1) is 23.1 Å². The Kier molecular flexibility index (Phi) is 7.05. The summed E-state index contributed by atoms with van der Waals surface area (Å²) in [6, 6.07) is 12.2. The summed E-state index contributed by atoms with van der Waals surface area (Å²) in [6.07, 6.45) is -0.574. The van der Waals surface area contributed by atoms with Crippen molar-refractivity contribution < 1.29 is 31.8 Å². The maximum absolute atomic E-state index is 14.3. The Bertz CT molecular complexity index is 1280. The van der Waals surface area contributed by atoms with Gasteiger partial charge in [0.1, 0.15) is 17.6 Å². The van der Waals surface area contributed by atoms with Gasteiger partial charge in [0.2, 0.25) is 0 Å². The van der Waals surface area contributed by atoms with E-state index in [-0.39, 0.29) is 58.9 Å². The molecule has 3 aliphatic rings. The molecule has 3 fully saturated rings. The van der Waals surface area contributed by atoms with Gasteiger partial charge in [0.25, 0.3) is 0 Å². The zero-order valence-corrected chi connectivity index (χ0v) is 20.5. The van der Waals surface area contributed by atoms with Crippen LogP contribution in [0.2, 0.25) is 0 Å². The van der Waals surface area contributed by atoms with Crippen molar-refractivity contribution in [2.24, 2.45) is 11.7 Å². The molecule has 2 aliphatic heterocycles. The summed E-state index contributed by atoms with van der Waals surface area (Å²) in [7, 11) is 0. The highest BCUT2D eigenvalue weighted by Crippen LogP contribution is 2.41. The number of halogens is 4. The van der Waals surface area contributed by atoms with Crippen LogP contribution in [0.25, 0.3) is 5.70 Å². The molecule has 2 unspecified atom stereocenters. The van der Waals surface area contributed by atoms with E-state index in [4.69, 9.17) is 15.7 Å². The van der Waals surface area contributed by atoms with Gasteiger partial charge in [-0.15, -0.1) is 13.2 Å². The van der Waals surface area contributed by atoms with E-state index in [1.807, 2.05) is 6.07 Å². The zero-order valence-electron chi connectivity index (χ0n) is 20.5. The van der Waals surface area contributed by atoms with Crippen molar-refractivity contribution in [3.8, 4) is 11.8 Å². The number of ketones is 1. The molecule has 2 aromatic carbocycles. The van der Waals surface area contributed by atoms with Crippen LogP contribution in [0.4, 0.5) is 23.2 Å². The Morgan fingerprint density at radius 1 is 1.08 bits per heavy atom. The second-order valence-electron chi connectivity index (χ2n) is 10.0. The van der Waals surface area contributed by atoms with Gasteiger partial charge < -0.3 is 20.1 Å². The number of alkyl halides is 3. The molecule has 6 nitrogen and oxygen atoms in total. The van der Waals surface area contributed by atoms with Crippen molar-refractivity contribution in [2.75, 3.05) is 11.5 Å². The number of para-hydroxylation sites is 1. The molecule has 5 rings (SSSR count). The van der Waals surface area contributed by atoms with E-state index in [9.17, 15) is 22.4 Å². The van der Waals surface area contributed by atoms with Gasteiger partial charge in [-0.3, -0.25) is 4.79 Å².